The van der Waals surface area contributed by atoms with E-state index in [0.29, 0.717) is 54.1 Å². The van der Waals surface area contributed by atoms with E-state index in [1.807, 2.05) is 13.0 Å². The second-order valence-electron chi connectivity index (χ2n) is 8.42. The van der Waals surface area contributed by atoms with E-state index in [1.54, 1.807) is 35.2 Å². The second-order valence-corrected chi connectivity index (χ2v) is 8.42. The fraction of sp³-hybridized carbons (Fsp3) is 0.333. The van der Waals surface area contributed by atoms with Gasteiger partial charge in [0.25, 0.3) is 11.5 Å². The number of nitrogens with zero attached hydrogens (tertiary/aromatic N) is 3. The fourth-order valence-corrected chi connectivity index (χ4v) is 3.87. The van der Waals surface area contributed by atoms with Crippen molar-refractivity contribution in [1.29, 1.82) is 0 Å². The highest BCUT2D eigenvalue weighted by atomic mass is 16.5. The Morgan fingerprint density at radius 2 is 2.06 bits per heavy atom. The number of ether oxygens (including phenoxy) is 1. The number of benzene rings is 2. The number of carbonyl (C=O) groups excluding carboxylic acids is 2. The number of fused-ring (bicyclic) bond motifs is 1. The van der Waals surface area contributed by atoms with Crippen LogP contribution < -0.4 is 20.9 Å². The minimum atomic E-state index is -0.243. The third kappa shape index (κ3) is 4.39. The highest BCUT2D eigenvalue weighted by Crippen LogP contribution is 2.22. The Hall–Kier alpha value is -3.88. The van der Waals surface area contributed by atoms with E-state index in [2.05, 4.69) is 15.6 Å². The van der Waals surface area contributed by atoms with Crippen LogP contribution in [0.4, 0.5) is 4.79 Å². The Morgan fingerprint density at radius 3 is 2.82 bits per heavy atom. The van der Waals surface area contributed by atoms with Crippen molar-refractivity contribution in [2.75, 3.05) is 26.2 Å². The highest BCUT2D eigenvalue weighted by Gasteiger charge is 2.24. The number of hydrogen-bond acceptors (Lipinski definition) is 5. The molecule has 5 rings (SSSR count). The van der Waals surface area contributed by atoms with E-state index in [4.69, 9.17) is 4.74 Å². The van der Waals surface area contributed by atoms with Crippen LogP contribution in [0, 0.1) is 6.92 Å². The number of aryl methyl sites for hydroxylation is 1. The summed E-state index contributed by atoms with van der Waals surface area (Å²) in [4.78, 5) is 43.6. The summed E-state index contributed by atoms with van der Waals surface area (Å²) in [6, 6.07) is 10.7. The first-order valence-corrected chi connectivity index (χ1v) is 11.1. The maximum atomic E-state index is 13.3. The van der Waals surface area contributed by atoms with Crippen LogP contribution in [-0.4, -0.2) is 58.7 Å². The van der Waals surface area contributed by atoms with E-state index < -0.39 is 0 Å². The van der Waals surface area contributed by atoms with Gasteiger partial charge in [0.2, 0.25) is 0 Å². The van der Waals surface area contributed by atoms with Gasteiger partial charge in [-0.15, -0.1) is 0 Å². The molecule has 2 fully saturated rings. The molecule has 1 aliphatic heterocycles. The quantitative estimate of drug-likeness (QED) is 0.576. The summed E-state index contributed by atoms with van der Waals surface area (Å²) in [7, 11) is 0. The van der Waals surface area contributed by atoms with Crippen molar-refractivity contribution < 1.29 is 14.3 Å². The molecule has 0 radical (unpaired) electrons. The van der Waals surface area contributed by atoms with Gasteiger partial charge in [0.1, 0.15) is 18.7 Å². The zero-order valence-corrected chi connectivity index (χ0v) is 18.3. The fourth-order valence-electron chi connectivity index (χ4n) is 3.87. The molecule has 1 aliphatic carbocycles. The lowest BCUT2D eigenvalue weighted by molar-refractivity contribution is 0.0951. The van der Waals surface area contributed by atoms with Gasteiger partial charge in [0.05, 0.1) is 23.1 Å². The van der Waals surface area contributed by atoms with E-state index in [1.165, 1.54) is 10.9 Å². The summed E-state index contributed by atoms with van der Waals surface area (Å²) in [6.07, 6.45) is 3.50. The first-order valence-electron chi connectivity index (χ1n) is 11.1. The Morgan fingerprint density at radius 1 is 1.21 bits per heavy atom. The average Bonchev–Trinajstić information content (AvgIpc) is 3.54. The van der Waals surface area contributed by atoms with Gasteiger partial charge in [-0.25, -0.2) is 9.78 Å². The van der Waals surface area contributed by atoms with Crippen molar-refractivity contribution in [1.82, 2.24) is 25.1 Å². The molecule has 2 N–H and O–H groups in total. The largest absolute Gasteiger partial charge is 0.492 e. The molecule has 1 saturated heterocycles. The average molecular weight is 447 g/mol. The molecule has 3 amide bonds. The maximum absolute atomic E-state index is 13.3. The summed E-state index contributed by atoms with van der Waals surface area (Å²) in [5, 5.41) is 6.15. The van der Waals surface area contributed by atoms with Gasteiger partial charge in [-0.3, -0.25) is 14.2 Å². The molecule has 9 nitrogen and oxygen atoms in total. The summed E-state index contributed by atoms with van der Waals surface area (Å²) < 4.78 is 7.25. The molecule has 0 unspecified atom stereocenters. The maximum Gasteiger partial charge on any atom is 0.317 e. The number of hydrogen-bond donors (Lipinski definition) is 2. The number of carbonyl (C=O) groups is 2. The highest BCUT2D eigenvalue weighted by molar-refractivity contribution is 5.95. The SMILES string of the molecule is Cc1ccc(C(=O)NC2CC2)cc1-n1cnc2ccc(OCCN3CCNC3=O)cc2c1=O. The minimum Gasteiger partial charge on any atom is -0.492 e. The Kier molecular flexibility index (Phi) is 5.45. The standard InChI is InChI=1S/C24H25N5O4/c1-15-2-3-16(22(30)27-17-4-5-17)12-21(15)29-14-26-20-7-6-18(13-19(20)23(29)31)33-11-10-28-9-8-25-24(28)32/h2-3,6-7,12-14,17H,4-5,8-11H2,1H3,(H,25,32)(H,27,30). The van der Waals surface area contributed by atoms with Crippen LogP contribution in [-0.2, 0) is 0 Å². The van der Waals surface area contributed by atoms with E-state index in [9.17, 15) is 14.4 Å². The molecule has 0 spiro atoms. The van der Waals surface area contributed by atoms with Crippen LogP contribution in [0.15, 0.2) is 47.5 Å². The van der Waals surface area contributed by atoms with Gasteiger partial charge in [0, 0.05) is 24.7 Å². The lowest BCUT2D eigenvalue weighted by Gasteiger charge is -2.15. The van der Waals surface area contributed by atoms with Crippen LogP contribution in [0.5, 0.6) is 5.75 Å². The van der Waals surface area contributed by atoms with Crippen LogP contribution in [0.1, 0.15) is 28.8 Å². The zero-order chi connectivity index (χ0) is 22.9. The topological polar surface area (TPSA) is 106 Å². The van der Waals surface area contributed by atoms with Crippen molar-refractivity contribution in [3.05, 3.63) is 64.2 Å². The zero-order valence-electron chi connectivity index (χ0n) is 18.3. The van der Waals surface area contributed by atoms with Gasteiger partial charge in [-0.05, 0) is 55.7 Å². The predicted molar refractivity (Wildman–Crippen MR) is 123 cm³/mol. The van der Waals surface area contributed by atoms with Crippen molar-refractivity contribution >= 4 is 22.8 Å². The van der Waals surface area contributed by atoms with Crippen LogP contribution in [0.25, 0.3) is 16.6 Å². The molecule has 0 atom stereocenters. The van der Waals surface area contributed by atoms with E-state index in [0.717, 1.165) is 18.4 Å². The third-order valence-corrected chi connectivity index (χ3v) is 5.95. The number of urea groups is 1. The lowest BCUT2D eigenvalue weighted by atomic mass is 10.1. The van der Waals surface area contributed by atoms with Gasteiger partial charge < -0.3 is 20.3 Å². The van der Waals surface area contributed by atoms with Crippen LogP contribution in [0.2, 0.25) is 0 Å². The first-order chi connectivity index (χ1) is 16.0. The van der Waals surface area contributed by atoms with E-state index >= 15 is 0 Å². The molecular weight excluding hydrogens is 422 g/mol. The molecule has 0 bridgehead atoms. The molecular formula is C24H25N5O4. The van der Waals surface area contributed by atoms with Gasteiger partial charge in [0.15, 0.2) is 0 Å². The summed E-state index contributed by atoms with van der Waals surface area (Å²) in [5.74, 6) is 0.399. The van der Waals surface area contributed by atoms with Gasteiger partial charge in [-0.2, -0.15) is 0 Å². The Bertz CT molecular complexity index is 1300. The minimum absolute atomic E-state index is 0.0902. The summed E-state index contributed by atoms with van der Waals surface area (Å²) in [6.45, 7) is 3.98. The van der Waals surface area contributed by atoms with Crippen LogP contribution in [0.3, 0.4) is 0 Å². The van der Waals surface area contributed by atoms with E-state index in [-0.39, 0.29) is 23.5 Å². The monoisotopic (exact) mass is 447 g/mol. The smallest absolute Gasteiger partial charge is 0.317 e. The number of amides is 3. The Labute approximate surface area is 190 Å². The molecule has 1 saturated carbocycles. The normalized spacial score (nSPS) is 15.5. The molecule has 2 aromatic carbocycles. The Balaban J connectivity index is 1.41. The van der Waals surface area contributed by atoms with Gasteiger partial charge >= 0.3 is 6.03 Å². The predicted octanol–water partition coefficient (Wildman–Crippen LogP) is 1.99. The number of rotatable bonds is 7. The molecule has 1 aromatic heterocycles. The number of aromatic nitrogens is 2. The molecule has 33 heavy (non-hydrogen) atoms. The van der Waals surface area contributed by atoms with Gasteiger partial charge in [-0.1, -0.05) is 6.07 Å². The van der Waals surface area contributed by atoms with Crippen molar-refractivity contribution in [3.8, 4) is 11.4 Å². The molecule has 3 aromatic rings. The van der Waals surface area contributed by atoms with Crippen molar-refractivity contribution in [3.63, 3.8) is 0 Å². The molecule has 9 heteroatoms. The van der Waals surface area contributed by atoms with Crippen molar-refractivity contribution in [2.24, 2.45) is 0 Å². The second kappa shape index (κ2) is 8.57. The van der Waals surface area contributed by atoms with Crippen molar-refractivity contribution in [2.45, 2.75) is 25.8 Å². The summed E-state index contributed by atoms with van der Waals surface area (Å²) in [5.41, 5.74) is 2.30. The third-order valence-electron chi connectivity index (χ3n) is 5.95. The lowest BCUT2D eigenvalue weighted by Crippen LogP contribution is -2.31. The number of nitrogens with one attached hydrogen (secondary N) is 2. The van der Waals surface area contributed by atoms with Crippen LogP contribution >= 0.6 is 0 Å². The molecule has 2 aliphatic rings. The first kappa shape index (κ1) is 21.0. The summed E-state index contributed by atoms with van der Waals surface area (Å²) >= 11 is 0. The molecule has 2 heterocycles. The molecule has 170 valence electrons.